The van der Waals surface area contributed by atoms with Crippen LogP contribution in [0.3, 0.4) is 0 Å². The molecule has 0 atom stereocenters. The van der Waals surface area contributed by atoms with Gasteiger partial charge in [0.25, 0.3) is 0 Å². The number of carbonyl (C=O) groups is 2. The largest absolute Gasteiger partial charge is 0.495 e. The minimum absolute atomic E-state index is 0.00719. The maximum absolute atomic E-state index is 12.6. The lowest BCUT2D eigenvalue weighted by Gasteiger charge is -2.22. The van der Waals surface area contributed by atoms with E-state index >= 15 is 0 Å². The third-order valence-corrected chi connectivity index (χ3v) is 4.50. The van der Waals surface area contributed by atoms with Crippen LogP contribution in [0.1, 0.15) is 25.3 Å². The Labute approximate surface area is 165 Å². The number of hydrogen-bond donors (Lipinski definition) is 1. The molecule has 0 fully saturated rings. The molecule has 2 rings (SSSR count). The zero-order valence-corrected chi connectivity index (χ0v) is 16.5. The number of halogens is 1. The molecule has 2 aromatic carbocycles. The Kier molecular flexibility index (Phi) is 8.14. The molecular weight excluding hydrogens is 364 g/mol. The van der Waals surface area contributed by atoms with E-state index in [4.69, 9.17) is 16.3 Å². The molecule has 5 nitrogen and oxygen atoms in total. The van der Waals surface area contributed by atoms with Crippen molar-refractivity contribution < 1.29 is 14.3 Å². The minimum Gasteiger partial charge on any atom is -0.495 e. The predicted molar refractivity (Wildman–Crippen MR) is 108 cm³/mol. The highest BCUT2D eigenvalue weighted by Gasteiger charge is 2.17. The summed E-state index contributed by atoms with van der Waals surface area (Å²) in [4.78, 5) is 26.6. The van der Waals surface area contributed by atoms with Crippen molar-refractivity contribution in [2.45, 2.75) is 26.2 Å². The highest BCUT2D eigenvalue weighted by atomic mass is 35.5. The second kappa shape index (κ2) is 10.6. The van der Waals surface area contributed by atoms with E-state index in [1.165, 1.54) is 0 Å². The van der Waals surface area contributed by atoms with E-state index in [9.17, 15) is 9.59 Å². The number of hydrogen-bond acceptors (Lipinski definition) is 3. The van der Waals surface area contributed by atoms with Gasteiger partial charge in [-0.05, 0) is 36.6 Å². The highest BCUT2D eigenvalue weighted by molar-refractivity contribution is 6.31. The number of anilines is 1. The summed E-state index contributed by atoms with van der Waals surface area (Å²) in [6.07, 6.45) is 1.64. The Morgan fingerprint density at radius 3 is 2.52 bits per heavy atom. The Hall–Kier alpha value is -2.53. The molecule has 0 aliphatic carbocycles. The number of para-hydroxylation sites is 2. The molecule has 2 aromatic rings. The van der Waals surface area contributed by atoms with Gasteiger partial charge in [0, 0.05) is 18.0 Å². The molecule has 0 aromatic heterocycles. The first-order valence-corrected chi connectivity index (χ1v) is 9.37. The number of aryl methyl sites for hydroxylation is 1. The van der Waals surface area contributed by atoms with Crippen LogP contribution in [0.5, 0.6) is 5.75 Å². The van der Waals surface area contributed by atoms with E-state index in [1.54, 1.807) is 24.1 Å². The number of amides is 2. The molecule has 0 saturated carbocycles. The van der Waals surface area contributed by atoms with Gasteiger partial charge in [-0.15, -0.1) is 0 Å². The third kappa shape index (κ3) is 6.29. The van der Waals surface area contributed by atoms with Crippen LogP contribution in [-0.4, -0.2) is 36.9 Å². The molecule has 0 saturated heterocycles. The first-order chi connectivity index (χ1) is 13.0. The van der Waals surface area contributed by atoms with Crippen molar-refractivity contribution in [3.8, 4) is 5.75 Å². The first-order valence-electron chi connectivity index (χ1n) is 8.99. The molecule has 0 unspecified atom stereocenters. The van der Waals surface area contributed by atoms with Crippen molar-refractivity contribution in [2.75, 3.05) is 25.5 Å². The summed E-state index contributed by atoms with van der Waals surface area (Å²) >= 11 is 6.15. The van der Waals surface area contributed by atoms with Crippen LogP contribution in [0.15, 0.2) is 48.5 Å². The molecule has 6 heteroatoms. The fraction of sp³-hybridized carbons (Fsp3) is 0.333. The van der Waals surface area contributed by atoms with E-state index < -0.39 is 0 Å². The molecular formula is C21H25ClN2O3. The molecule has 1 N–H and O–H groups in total. The molecule has 0 radical (unpaired) electrons. The van der Waals surface area contributed by atoms with Crippen LogP contribution in [0, 0.1) is 0 Å². The summed E-state index contributed by atoms with van der Waals surface area (Å²) in [5.74, 6) is 0.268. The average molecular weight is 389 g/mol. The molecule has 2 amide bonds. The zero-order chi connectivity index (χ0) is 19.6. The molecule has 144 valence electrons. The normalized spacial score (nSPS) is 10.3. The topological polar surface area (TPSA) is 58.6 Å². The van der Waals surface area contributed by atoms with Gasteiger partial charge in [-0.25, -0.2) is 0 Å². The second-order valence-corrected chi connectivity index (χ2v) is 6.56. The van der Waals surface area contributed by atoms with Gasteiger partial charge >= 0.3 is 0 Å². The average Bonchev–Trinajstić information content (AvgIpc) is 2.67. The summed E-state index contributed by atoms with van der Waals surface area (Å²) in [5.41, 5.74) is 1.52. The lowest BCUT2D eigenvalue weighted by atomic mass is 10.1. The van der Waals surface area contributed by atoms with Crippen LogP contribution in [0.25, 0.3) is 0 Å². The van der Waals surface area contributed by atoms with E-state index in [-0.39, 0.29) is 18.4 Å². The summed E-state index contributed by atoms with van der Waals surface area (Å²) in [6.45, 7) is 2.51. The van der Waals surface area contributed by atoms with Gasteiger partial charge in [-0.1, -0.05) is 48.9 Å². The molecule has 27 heavy (non-hydrogen) atoms. The lowest BCUT2D eigenvalue weighted by molar-refractivity contribution is -0.134. The van der Waals surface area contributed by atoms with Gasteiger partial charge < -0.3 is 15.0 Å². The highest BCUT2D eigenvalue weighted by Crippen LogP contribution is 2.23. The van der Waals surface area contributed by atoms with Crippen molar-refractivity contribution in [3.63, 3.8) is 0 Å². The number of rotatable bonds is 9. The van der Waals surface area contributed by atoms with Crippen molar-refractivity contribution in [1.82, 2.24) is 4.90 Å². The maximum Gasteiger partial charge on any atom is 0.244 e. The SMILES string of the molecule is CCCN(CC(=O)Nc1ccccc1OC)C(=O)CCc1ccccc1Cl. The van der Waals surface area contributed by atoms with Gasteiger partial charge in [-0.2, -0.15) is 0 Å². The fourth-order valence-electron chi connectivity index (χ4n) is 2.77. The van der Waals surface area contributed by atoms with E-state index in [1.807, 2.05) is 43.3 Å². The van der Waals surface area contributed by atoms with Gasteiger partial charge in [0.1, 0.15) is 5.75 Å². The number of carbonyl (C=O) groups excluding carboxylic acids is 2. The van der Waals surface area contributed by atoms with E-state index in [2.05, 4.69) is 5.32 Å². The van der Waals surface area contributed by atoms with Crippen molar-refractivity contribution >= 4 is 29.1 Å². The quantitative estimate of drug-likeness (QED) is 0.701. The van der Waals surface area contributed by atoms with E-state index in [0.29, 0.717) is 35.8 Å². The van der Waals surface area contributed by atoms with Gasteiger partial charge in [0.15, 0.2) is 0 Å². The lowest BCUT2D eigenvalue weighted by Crippen LogP contribution is -2.38. The molecule has 0 spiro atoms. The van der Waals surface area contributed by atoms with Gasteiger partial charge in [0.05, 0.1) is 19.3 Å². The number of nitrogens with zero attached hydrogens (tertiary/aromatic N) is 1. The summed E-state index contributed by atoms with van der Waals surface area (Å²) in [5, 5.41) is 3.46. The Morgan fingerprint density at radius 1 is 1.11 bits per heavy atom. The molecule has 0 heterocycles. The Morgan fingerprint density at radius 2 is 1.81 bits per heavy atom. The van der Waals surface area contributed by atoms with Crippen LogP contribution in [-0.2, 0) is 16.0 Å². The van der Waals surface area contributed by atoms with Gasteiger partial charge in [-0.3, -0.25) is 9.59 Å². The number of nitrogens with one attached hydrogen (secondary N) is 1. The van der Waals surface area contributed by atoms with Crippen molar-refractivity contribution in [2.24, 2.45) is 0 Å². The predicted octanol–water partition coefficient (Wildman–Crippen LogP) is 4.16. The number of ether oxygens (including phenoxy) is 1. The Bertz CT molecular complexity index is 780. The van der Waals surface area contributed by atoms with E-state index in [0.717, 1.165) is 12.0 Å². The third-order valence-electron chi connectivity index (χ3n) is 4.13. The molecule has 0 aliphatic rings. The van der Waals surface area contributed by atoms with Crippen molar-refractivity contribution in [3.05, 3.63) is 59.1 Å². The van der Waals surface area contributed by atoms with Crippen LogP contribution in [0.4, 0.5) is 5.69 Å². The summed E-state index contributed by atoms with van der Waals surface area (Å²) < 4.78 is 5.24. The minimum atomic E-state index is -0.251. The van der Waals surface area contributed by atoms with Crippen LogP contribution < -0.4 is 10.1 Å². The number of methoxy groups -OCH3 is 1. The number of benzene rings is 2. The first kappa shape index (κ1) is 20.8. The smallest absolute Gasteiger partial charge is 0.244 e. The monoisotopic (exact) mass is 388 g/mol. The standard InChI is InChI=1S/C21H25ClN2O3/c1-3-14-24(21(26)13-12-16-8-4-5-9-17(16)22)15-20(25)23-18-10-6-7-11-19(18)27-2/h4-11H,3,12-15H2,1-2H3,(H,23,25). The summed E-state index contributed by atoms with van der Waals surface area (Å²) in [6, 6.07) is 14.7. The molecule has 0 aliphatic heterocycles. The van der Waals surface area contributed by atoms with Crippen LogP contribution >= 0.6 is 11.6 Å². The second-order valence-electron chi connectivity index (χ2n) is 6.16. The van der Waals surface area contributed by atoms with Crippen molar-refractivity contribution in [1.29, 1.82) is 0 Å². The van der Waals surface area contributed by atoms with Gasteiger partial charge in [0.2, 0.25) is 11.8 Å². The van der Waals surface area contributed by atoms with Crippen LogP contribution in [0.2, 0.25) is 5.02 Å². The zero-order valence-electron chi connectivity index (χ0n) is 15.7. The fourth-order valence-corrected chi connectivity index (χ4v) is 3.00. The Balaban J connectivity index is 1.96. The summed E-state index contributed by atoms with van der Waals surface area (Å²) in [7, 11) is 1.55. The molecule has 0 bridgehead atoms. The maximum atomic E-state index is 12.6.